The number of aliphatic hydroxyl groups excluding tert-OH is 1. The highest BCUT2D eigenvalue weighted by atomic mass is 32.2. The number of aliphatic hydroxyl groups is 1. The third-order valence-electron chi connectivity index (χ3n) is 2.20. The Hall–Kier alpha value is -1.90. The van der Waals surface area contributed by atoms with Gasteiger partial charge in [-0.05, 0) is 23.8 Å². The van der Waals surface area contributed by atoms with Crippen LogP contribution in [-0.2, 0) is 5.75 Å². The molecule has 3 nitrogen and oxygen atoms in total. The van der Waals surface area contributed by atoms with Crippen LogP contribution in [0.1, 0.15) is 11.1 Å². The molecule has 1 heterocycles. The summed E-state index contributed by atoms with van der Waals surface area (Å²) < 4.78 is 13.4. The van der Waals surface area contributed by atoms with Crippen LogP contribution in [0.4, 0.5) is 4.39 Å². The van der Waals surface area contributed by atoms with Gasteiger partial charge in [0.25, 0.3) is 0 Å². The summed E-state index contributed by atoms with van der Waals surface area (Å²) in [6, 6.07) is 4.61. The normalized spacial score (nSPS) is 9.79. The molecule has 0 aliphatic carbocycles. The first kappa shape index (κ1) is 13.5. The lowest BCUT2D eigenvalue weighted by Crippen LogP contribution is -1.88. The number of hydrogen-bond donors (Lipinski definition) is 1. The number of thioether (sulfide) groups is 1. The summed E-state index contributed by atoms with van der Waals surface area (Å²) in [6.07, 6.45) is 4.89. The minimum Gasteiger partial charge on any atom is -0.384 e. The summed E-state index contributed by atoms with van der Waals surface area (Å²) in [6.45, 7) is -0.236. The highest BCUT2D eigenvalue weighted by Gasteiger charge is 2.01. The van der Waals surface area contributed by atoms with E-state index in [0.717, 1.165) is 10.6 Å². The lowest BCUT2D eigenvalue weighted by molar-refractivity contribution is 0.350. The molecule has 0 saturated heterocycles. The van der Waals surface area contributed by atoms with Crippen molar-refractivity contribution in [2.45, 2.75) is 10.8 Å². The number of rotatable bonds is 3. The summed E-state index contributed by atoms with van der Waals surface area (Å²) >= 11 is 1.48. The summed E-state index contributed by atoms with van der Waals surface area (Å²) in [5.41, 5.74) is 1.38. The molecule has 1 N–H and O–H groups in total. The van der Waals surface area contributed by atoms with E-state index in [2.05, 4.69) is 21.8 Å². The largest absolute Gasteiger partial charge is 0.384 e. The van der Waals surface area contributed by atoms with Crippen molar-refractivity contribution in [3.63, 3.8) is 0 Å². The van der Waals surface area contributed by atoms with E-state index in [9.17, 15) is 4.39 Å². The van der Waals surface area contributed by atoms with Crippen LogP contribution in [0.2, 0.25) is 0 Å². The molecule has 5 heteroatoms. The molecule has 19 heavy (non-hydrogen) atoms. The van der Waals surface area contributed by atoms with Crippen LogP contribution in [0, 0.1) is 17.7 Å². The highest BCUT2D eigenvalue weighted by molar-refractivity contribution is 7.98. The van der Waals surface area contributed by atoms with E-state index in [1.165, 1.54) is 23.9 Å². The average Bonchev–Trinajstić information content (AvgIpc) is 2.43. The van der Waals surface area contributed by atoms with Crippen LogP contribution in [-0.4, -0.2) is 21.7 Å². The molecule has 0 aliphatic rings. The number of aromatic nitrogens is 2. The fraction of sp³-hybridized carbons (Fsp3) is 0.143. The molecule has 0 radical (unpaired) electrons. The molecule has 0 amide bonds. The smallest absolute Gasteiger partial charge is 0.124 e. The first-order valence-corrected chi connectivity index (χ1v) is 6.54. The van der Waals surface area contributed by atoms with Gasteiger partial charge in [0.15, 0.2) is 0 Å². The Morgan fingerprint density at radius 3 is 2.89 bits per heavy atom. The molecule has 0 bridgehead atoms. The number of benzene rings is 1. The molecule has 0 spiro atoms. The van der Waals surface area contributed by atoms with Gasteiger partial charge < -0.3 is 5.11 Å². The van der Waals surface area contributed by atoms with Crippen molar-refractivity contribution < 1.29 is 9.50 Å². The molecule has 1 aromatic carbocycles. The Kier molecular flexibility index (Phi) is 4.90. The Labute approximate surface area is 114 Å². The Morgan fingerprint density at radius 2 is 2.16 bits per heavy atom. The van der Waals surface area contributed by atoms with E-state index in [1.807, 2.05) is 0 Å². The van der Waals surface area contributed by atoms with Crippen LogP contribution in [0.3, 0.4) is 0 Å². The van der Waals surface area contributed by atoms with Gasteiger partial charge in [0.2, 0.25) is 0 Å². The predicted octanol–water partition coefficient (Wildman–Crippen LogP) is 2.25. The van der Waals surface area contributed by atoms with Gasteiger partial charge in [-0.25, -0.2) is 9.37 Å². The summed E-state index contributed by atoms with van der Waals surface area (Å²) in [5.74, 6) is 5.45. The zero-order valence-corrected chi connectivity index (χ0v) is 10.8. The van der Waals surface area contributed by atoms with E-state index in [4.69, 9.17) is 5.11 Å². The van der Waals surface area contributed by atoms with E-state index in [-0.39, 0.29) is 12.4 Å². The van der Waals surface area contributed by atoms with Crippen LogP contribution in [0.5, 0.6) is 0 Å². The fourth-order valence-electron chi connectivity index (χ4n) is 1.46. The van der Waals surface area contributed by atoms with Gasteiger partial charge >= 0.3 is 0 Å². The molecular weight excluding hydrogens is 263 g/mol. The Morgan fingerprint density at radius 1 is 1.26 bits per heavy atom. The fourth-order valence-corrected chi connectivity index (χ4v) is 2.22. The first-order chi connectivity index (χ1) is 9.28. The maximum Gasteiger partial charge on any atom is 0.124 e. The van der Waals surface area contributed by atoms with Gasteiger partial charge in [-0.1, -0.05) is 11.8 Å². The minimum atomic E-state index is -0.334. The molecule has 0 unspecified atom stereocenters. The van der Waals surface area contributed by atoms with E-state index < -0.39 is 0 Å². The maximum absolute atomic E-state index is 13.4. The Balaban J connectivity index is 2.10. The third kappa shape index (κ3) is 4.36. The van der Waals surface area contributed by atoms with Gasteiger partial charge in [-0.3, -0.25) is 4.98 Å². The van der Waals surface area contributed by atoms with Crippen molar-refractivity contribution in [2.75, 3.05) is 6.61 Å². The Bertz CT molecular complexity index is 608. The molecule has 0 saturated carbocycles. The van der Waals surface area contributed by atoms with Crippen LogP contribution in [0.25, 0.3) is 0 Å². The van der Waals surface area contributed by atoms with Crippen molar-refractivity contribution >= 4 is 11.8 Å². The molecule has 0 atom stereocenters. The summed E-state index contributed by atoms with van der Waals surface area (Å²) in [4.78, 5) is 8.10. The molecule has 1 aromatic heterocycles. The number of nitrogens with zero attached hydrogens (tertiary/aromatic N) is 2. The minimum absolute atomic E-state index is 0.236. The molecule has 2 aromatic rings. The van der Waals surface area contributed by atoms with Gasteiger partial charge in [-0.15, -0.1) is 11.8 Å². The lowest BCUT2D eigenvalue weighted by atomic mass is 10.1. The van der Waals surface area contributed by atoms with Gasteiger partial charge in [0.1, 0.15) is 17.5 Å². The lowest BCUT2D eigenvalue weighted by Gasteiger charge is -2.02. The van der Waals surface area contributed by atoms with E-state index in [1.54, 1.807) is 24.7 Å². The van der Waals surface area contributed by atoms with Crippen LogP contribution >= 0.6 is 11.8 Å². The molecule has 2 rings (SSSR count). The average molecular weight is 274 g/mol. The molecular formula is C14H11FN2OS. The maximum atomic E-state index is 13.4. The number of halogens is 1. The zero-order chi connectivity index (χ0) is 13.5. The standard InChI is InChI=1S/C14H11FN2OS/c15-13-7-11(2-1-5-18)6-12(8-13)10-19-14-9-16-3-4-17-14/h3-4,6-9,18H,5,10H2. The predicted molar refractivity (Wildman–Crippen MR) is 72.0 cm³/mol. The van der Waals surface area contributed by atoms with Crippen molar-refractivity contribution in [3.05, 3.63) is 53.7 Å². The van der Waals surface area contributed by atoms with Crippen LogP contribution in [0.15, 0.2) is 41.8 Å². The number of hydrogen-bond acceptors (Lipinski definition) is 4. The van der Waals surface area contributed by atoms with Crippen molar-refractivity contribution in [1.82, 2.24) is 9.97 Å². The van der Waals surface area contributed by atoms with Gasteiger partial charge in [0.05, 0.1) is 6.20 Å². The highest BCUT2D eigenvalue weighted by Crippen LogP contribution is 2.21. The van der Waals surface area contributed by atoms with Crippen molar-refractivity contribution in [3.8, 4) is 11.8 Å². The summed E-state index contributed by atoms with van der Waals surface area (Å²) in [7, 11) is 0. The van der Waals surface area contributed by atoms with Gasteiger partial charge in [-0.2, -0.15) is 0 Å². The van der Waals surface area contributed by atoms with Crippen molar-refractivity contribution in [2.24, 2.45) is 0 Å². The molecule has 0 fully saturated rings. The third-order valence-corrected chi connectivity index (χ3v) is 3.18. The second-order valence-corrected chi connectivity index (χ2v) is 4.64. The van der Waals surface area contributed by atoms with Crippen LogP contribution < -0.4 is 0 Å². The van der Waals surface area contributed by atoms with E-state index >= 15 is 0 Å². The zero-order valence-electron chi connectivity index (χ0n) is 10.0. The van der Waals surface area contributed by atoms with E-state index in [0.29, 0.717) is 11.3 Å². The van der Waals surface area contributed by atoms with Gasteiger partial charge in [0, 0.05) is 23.7 Å². The second-order valence-electron chi connectivity index (χ2n) is 3.64. The molecule has 96 valence electrons. The molecule has 0 aliphatic heterocycles. The summed E-state index contributed by atoms with van der Waals surface area (Å²) in [5, 5.41) is 9.42. The quantitative estimate of drug-likeness (QED) is 0.689. The topological polar surface area (TPSA) is 46.0 Å². The first-order valence-electron chi connectivity index (χ1n) is 5.56. The SMILES string of the molecule is OCC#Cc1cc(F)cc(CSc2cnccn2)c1. The monoisotopic (exact) mass is 274 g/mol. The second kappa shape index (κ2) is 6.88. The van der Waals surface area contributed by atoms with Crippen molar-refractivity contribution in [1.29, 1.82) is 0 Å².